The first-order valence-electron chi connectivity index (χ1n) is 24.0. The molecular formula is C47H73BrN12O11. The van der Waals surface area contributed by atoms with Crippen molar-refractivity contribution >= 4 is 69.2 Å². The molecule has 0 aliphatic carbocycles. The Morgan fingerprint density at radius 1 is 0.831 bits per heavy atom. The molecule has 0 unspecified atom stereocenters. The van der Waals surface area contributed by atoms with Gasteiger partial charge in [-0.05, 0) is 89.0 Å². The van der Waals surface area contributed by atoms with Crippen LogP contribution in [0.3, 0.4) is 0 Å². The number of carbonyl (C=O) groups excluding carboxylic acids is 8. The number of H-pyrrole nitrogens is 1. The minimum absolute atomic E-state index is 0.0129. The van der Waals surface area contributed by atoms with Gasteiger partial charge in [0.1, 0.15) is 41.8 Å². The van der Waals surface area contributed by atoms with E-state index >= 15 is 0 Å². The summed E-state index contributed by atoms with van der Waals surface area (Å²) in [6.45, 7) is 7.57. The van der Waals surface area contributed by atoms with Crippen molar-refractivity contribution in [3.05, 3.63) is 52.5 Å². The highest BCUT2D eigenvalue weighted by Crippen LogP contribution is 2.19. The molecule has 1 fully saturated rings. The maximum absolute atomic E-state index is 13.9. The maximum Gasteiger partial charge on any atom is 0.326 e. The van der Waals surface area contributed by atoms with Crippen molar-refractivity contribution < 1.29 is 53.4 Å². The van der Waals surface area contributed by atoms with Gasteiger partial charge in [0.2, 0.25) is 47.3 Å². The lowest BCUT2D eigenvalue weighted by Gasteiger charge is -2.30. The van der Waals surface area contributed by atoms with Crippen LogP contribution in [0.2, 0.25) is 0 Å². The standard InChI is InChI=1S/C47H73BrN12O11/c1-6-7-11-33(43(67)59-47(4,5)46(71)58-35(45(69)70)21-28-14-16-29(48)17-15-28)55-44(68)37-13-10-19-60(37)38(62)24-52-40(64)32(12-8-9-18-49)54-41(65)34(22-30-23-51-26-53-30)56-42(66)36(25-61)57-39(63)31(50)20-27(2)3/h14-17,23,26-27,31-37,61H,6-13,18-22,24-25,49-50H2,1-5H3,(H,51,53)(H,52,64)(H,54,65)(H,55,68)(H,56,66)(H,57,63)(H,58,71)(H,59,67)(H,69,70)/t31-,32-,33-,34-,35-,36-,37-/m0/s1. The molecule has 0 spiro atoms. The lowest BCUT2D eigenvalue weighted by Crippen LogP contribution is -2.62. The van der Waals surface area contributed by atoms with Crippen LogP contribution in [-0.4, -0.2) is 152 Å². The minimum atomic E-state index is -1.60. The molecule has 71 heavy (non-hydrogen) atoms. The molecule has 1 aromatic heterocycles. The molecule has 0 radical (unpaired) electrons. The van der Waals surface area contributed by atoms with Gasteiger partial charge in [0, 0.05) is 35.7 Å². The molecule has 14 N–H and O–H groups in total. The van der Waals surface area contributed by atoms with Crippen molar-refractivity contribution in [2.75, 3.05) is 26.2 Å². The Balaban J connectivity index is 1.69. The number of aliphatic carboxylic acids is 1. The number of aliphatic hydroxyl groups excluding tert-OH is 1. The van der Waals surface area contributed by atoms with E-state index in [0.717, 1.165) is 4.47 Å². The molecule has 1 aliphatic heterocycles. The average molecular weight is 1060 g/mol. The molecule has 394 valence electrons. The van der Waals surface area contributed by atoms with Crippen LogP contribution < -0.4 is 48.7 Å². The average Bonchev–Trinajstić information content (AvgIpc) is 4.04. The van der Waals surface area contributed by atoms with E-state index in [1.165, 1.54) is 31.3 Å². The third-order valence-electron chi connectivity index (χ3n) is 11.8. The molecular weight excluding hydrogens is 988 g/mol. The smallest absolute Gasteiger partial charge is 0.326 e. The van der Waals surface area contributed by atoms with E-state index in [2.05, 4.69) is 63.1 Å². The van der Waals surface area contributed by atoms with Crippen LogP contribution in [0.15, 0.2) is 41.3 Å². The summed E-state index contributed by atoms with van der Waals surface area (Å²) >= 11 is 3.34. The van der Waals surface area contributed by atoms with E-state index in [9.17, 15) is 53.4 Å². The maximum atomic E-state index is 13.9. The van der Waals surface area contributed by atoms with E-state index in [4.69, 9.17) is 11.5 Å². The summed E-state index contributed by atoms with van der Waals surface area (Å²) in [6, 6.07) is -1.44. The Morgan fingerprint density at radius 3 is 2.07 bits per heavy atom. The zero-order valence-electron chi connectivity index (χ0n) is 41.2. The third-order valence-corrected chi connectivity index (χ3v) is 12.3. The zero-order chi connectivity index (χ0) is 52.8. The molecule has 1 saturated heterocycles. The van der Waals surface area contributed by atoms with Gasteiger partial charge in [-0.25, -0.2) is 9.78 Å². The van der Waals surface area contributed by atoms with Gasteiger partial charge in [-0.15, -0.1) is 0 Å². The number of hydrogen-bond acceptors (Lipinski definition) is 13. The van der Waals surface area contributed by atoms with Crippen LogP contribution >= 0.6 is 15.9 Å². The minimum Gasteiger partial charge on any atom is -0.480 e. The first-order valence-corrected chi connectivity index (χ1v) is 24.8. The van der Waals surface area contributed by atoms with Crippen LogP contribution in [0.5, 0.6) is 0 Å². The largest absolute Gasteiger partial charge is 0.480 e. The molecule has 1 aliphatic rings. The number of nitrogens with one attached hydrogen (secondary N) is 8. The van der Waals surface area contributed by atoms with E-state index in [1.807, 2.05) is 20.8 Å². The predicted molar refractivity (Wildman–Crippen MR) is 264 cm³/mol. The molecule has 7 atom stereocenters. The third kappa shape index (κ3) is 19.6. The van der Waals surface area contributed by atoms with Gasteiger partial charge in [-0.3, -0.25) is 38.4 Å². The highest BCUT2D eigenvalue weighted by molar-refractivity contribution is 9.10. The molecule has 23 nitrogen and oxygen atoms in total. The fourth-order valence-electron chi connectivity index (χ4n) is 7.74. The number of likely N-dealkylation sites (tertiary alicyclic amines) is 1. The van der Waals surface area contributed by atoms with Gasteiger partial charge in [0.15, 0.2) is 0 Å². The second-order valence-electron chi connectivity index (χ2n) is 18.6. The number of rotatable bonds is 30. The molecule has 0 saturated carbocycles. The lowest BCUT2D eigenvalue weighted by molar-refractivity contribution is -0.143. The van der Waals surface area contributed by atoms with Gasteiger partial charge >= 0.3 is 5.97 Å². The summed E-state index contributed by atoms with van der Waals surface area (Å²) in [5.74, 6) is -6.96. The van der Waals surface area contributed by atoms with Crippen molar-refractivity contribution in [2.45, 2.75) is 153 Å². The fourth-order valence-corrected chi connectivity index (χ4v) is 8.00. The normalized spacial score (nSPS) is 16.1. The summed E-state index contributed by atoms with van der Waals surface area (Å²) in [6.07, 6.45) is 6.04. The SMILES string of the molecule is CCCC[C@H](NC(=O)[C@@H]1CCCN1C(=O)CNC(=O)[C@H](CCCCN)NC(=O)[C@H](Cc1cnc[nH]1)NC(=O)[C@H](CO)NC(=O)[C@@H](N)CC(C)C)C(=O)NC(C)(C)C(=O)N[C@@H](Cc1ccc(Br)cc1)C(=O)O. The first kappa shape index (κ1) is 59.3. The number of benzene rings is 1. The zero-order valence-corrected chi connectivity index (χ0v) is 42.8. The number of halogens is 1. The Hall–Kier alpha value is -5.98. The van der Waals surface area contributed by atoms with Gasteiger partial charge < -0.3 is 68.8 Å². The van der Waals surface area contributed by atoms with Gasteiger partial charge in [0.05, 0.1) is 25.5 Å². The summed E-state index contributed by atoms with van der Waals surface area (Å²) in [7, 11) is 0. The topological polar surface area (TPSA) is 362 Å². The number of carbonyl (C=O) groups is 9. The molecule has 1 aromatic carbocycles. The summed E-state index contributed by atoms with van der Waals surface area (Å²) in [5, 5.41) is 38.0. The van der Waals surface area contributed by atoms with E-state index in [0.29, 0.717) is 56.3 Å². The number of amides is 8. The van der Waals surface area contributed by atoms with Crippen molar-refractivity contribution in [1.29, 1.82) is 0 Å². The molecule has 0 bridgehead atoms. The summed E-state index contributed by atoms with van der Waals surface area (Å²) in [4.78, 5) is 129. The number of carboxylic acids is 1. The van der Waals surface area contributed by atoms with Gasteiger partial charge in [-0.2, -0.15) is 0 Å². The van der Waals surface area contributed by atoms with E-state index < -0.39 is 114 Å². The number of aromatic amines is 1. The predicted octanol–water partition coefficient (Wildman–Crippen LogP) is -0.847. The number of carboxylic acid groups (broad SMARTS) is 1. The number of aromatic nitrogens is 2. The number of aliphatic hydroxyl groups is 1. The highest BCUT2D eigenvalue weighted by Gasteiger charge is 2.39. The van der Waals surface area contributed by atoms with Crippen molar-refractivity contribution in [3.63, 3.8) is 0 Å². The Bertz CT molecular complexity index is 2110. The van der Waals surface area contributed by atoms with Crippen molar-refractivity contribution in [3.8, 4) is 0 Å². The number of unbranched alkanes of at least 4 members (excludes halogenated alkanes) is 2. The highest BCUT2D eigenvalue weighted by atomic mass is 79.9. The van der Waals surface area contributed by atoms with Crippen LogP contribution in [0.1, 0.15) is 104 Å². The van der Waals surface area contributed by atoms with Gasteiger partial charge in [-0.1, -0.05) is 61.7 Å². The van der Waals surface area contributed by atoms with Crippen LogP contribution in [0.25, 0.3) is 0 Å². The monoisotopic (exact) mass is 1060 g/mol. The van der Waals surface area contributed by atoms with Crippen LogP contribution in [-0.2, 0) is 56.0 Å². The quantitative estimate of drug-likeness (QED) is 0.0425. The van der Waals surface area contributed by atoms with Gasteiger partial charge in [0.25, 0.3) is 0 Å². The second-order valence-corrected chi connectivity index (χ2v) is 19.6. The van der Waals surface area contributed by atoms with Crippen molar-refractivity contribution in [1.82, 2.24) is 52.1 Å². The van der Waals surface area contributed by atoms with Crippen molar-refractivity contribution in [2.24, 2.45) is 17.4 Å². The molecule has 8 amide bonds. The van der Waals surface area contributed by atoms with E-state index in [-0.39, 0.29) is 44.6 Å². The molecule has 3 rings (SSSR count). The number of nitrogens with zero attached hydrogens (tertiary/aromatic N) is 2. The number of nitrogens with two attached hydrogens (primary N) is 2. The second kappa shape index (κ2) is 29.4. The first-order chi connectivity index (χ1) is 33.6. The summed E-state index contributed by atoms with van der Waals surface area (Å²) < 4.78 is 0.799. The van der Waals surface area contributed by atoms with Crippen LogP contribution in [0.4, 0.5) is 0 Å². The fraction of sp³-hybridized carbons (Fsp3) is 0.617. The van der Waals surface area contributed by atoms with E-state index in [1.54, 1.807) is 24.3 Å². The molecule has 24 heteroatoms. The Morgan fingerprint density at radius 2 is 1.46 bits per heavy atom. The molecule has 2 heterocycles. The number of imidazole rings is 1. The molecule has 2 aromatic rings. The Kier molecular flexibility index (Phi) is 24.6. The summed E-state index contributed by atoms with van der Waals surface area (Å²) in [5.41, 5.74) is 11.2. The number of hydrogen-bond donors (Lipinski definition) is 12. The lowest BCUT2D eigenvalue weighted by atomic mass is 10.00. The Labute approximate surface area is 422 Å². The van der Waals surface area contributed by atoms with Crippen LogP contribution in [0, 0.1) is 5.92 Å².